The van der Waals surface area contributed by atoms with Gasteiger partial charge in [-0.25, -0.2) is 0 Å². The van der Waals surface area contributed by atoms with Gasteiger partial charge in [0.2, 0.25) is 0 Å². The van der Waals surface area contributed by atoms with Crippen molar-refractivity contribution in [3.63, 3.8) is 0 Å². The number of hydrogen-bond donors (Lipinski definition) is 2. The van der Waals surface area contributed by atoms with Crippen molar-refractivity contribution in [3.05, 3.63) is 0 Å². The van der Waals surface area contributed by atoms with Gasteiger partial charge < -0.3 is 15.6 Å². The number of aliphatic hydroxyl groups is 1. The fourth-order valence-corrected chi connectivity index (χ4v) is 3.48. The lowest BCUT2D eigenvalue weighted by atomic mass is 9.72. The molecule has 0 amide bonds. The van der Waals surface area contributed by atoms with E-state index in [4.69, 9.17) is 10.5 Å². The van der Waals surface area contributed by atoms with Crippen LogP contribution < -0.4 is 5.73 Å². The SMILES string of the molecule is CCC1CCCC(O)(C2(N)CCCOC2)CC1. The van der Waals surface area contributed by atoms with Gasteiger partial charge in [0.15, 0.2) is 0 Å². The Labute approximate surface area is 105 Å². The van der Waals surface area contributed by atoms with Gasteiger partial charge in [-0.3, -0.25) is 0 Å². The molecule has 3 N–H and O–H groups in total. The Bertz CT molecular complexity index is 251. The first kappa shape index (κ1) is 13.3. The van der Waals surface area contributed by atoms with Crippen molar-refractivity contribution in [2.45, 2.75) is 69.4 Å². The smallest absolute Gasteiger partial charge is 0.0849 e. The zero-order chi connectivity index (χ0) is 12.4. The van der Waals surface area contributed by atoms with Gasteiger partial charge in [-0.05, 0) is 38.0 Å². The van der Waals surface area contributed by atoms with Gasteiger partial charge in [-0.2, -0.15) is 0 Å². The van der Waals surface area contributed by atoms with E-state index in [1.807, 2.05) is 0 Å². The fraction of sp³-hybridized carbons (Fsp3) is 1.00. The van der Waals surface area contributed by atoms with Crippen molar-refractivity contribution in [2.75, 3.05) is 13.2 Å². The number of nitrogens with two attached hydrogens (primary N) is 1. The summed E-state index contributed by atoms with van der Waals surface area (Å²) in [5.74, 6) is 0.775. The predicted molar refractivity (Wildman–Crippen MR) is 68.8 cm³/mol. The summed E-state index contributed by atoms with van der Waals surface area (Å²) in [6.07, 6.45) is 8.28. The second-order valence-electron chi connectivity index (χ2n) is 6.05. The molecule has 0 bridgehead atoms. The lowest BCUT2D eigenvalue weighted by Crippen LogP contribution is -2.64. The average molecular weight is 241 g/mol. The molecule has 0 aromatic heterocycles. The summed E-state index contributed by atoms with van der Waals surface area (Å²) in [7, 11) is 0. The second-order valence-corrected chi connectivity index (χ2v) is 6.05. The molecule has 1 aliphatic carbocycles. The maximum absolute atomic E-state index is 10.9. The van der Waals surface area contributed by atoms with Crippen molar-refractivity contribution in [1.82, 2.24) is 0 Å². The van der Waals surface area contributed by atoms with Crippen LogP contribution in [0.25, 0.3) is 0 Å². The zero-order valence-corrected chi connectivity index (χ0v) is 11.1. The summed E-state index contributed by atoms with van der Waals surface area (Å²) in [4.78, 5) is 0. The average Bonchev–Trinajstić information content (AvgIpc) is 2.53. The normalized spacial score (nSPS) is 44.3. The van der Waals surface area contributed by atoms with Crippen LogP contribution in [0.2, 0.25) is 0 Å². The van der Waals surface area contributed by atoms with Crippen LogP contribution in [-0.2, 0) is 4.74 Å². The van der Waals surface area contributed by atoms with Gasteiger partial charge in [-0.1, -0.05) is 26.2 Å². The molecule has 100 valence electrons. The third kappa shape index (κ3) is 2.67. The van der Waals surface area contributed by atoms with E-state index in [0.717, 1.165) is 51.0 Å². The highest BCUT2D eigenvalue weighted by Gasteiger charge is 2.48. The molecule has 17 heavy (non-hydrogen) atoms. The van der Waals surface area contributed by atoms with Gasteiger partial charge in [-0.15, -0.1) is 0 Å². The van der Waals surface area contributed by atoms with Crippen LogP contribution in [0, 0.1) is 5.92 Å². The summed E-state index contributed by atoms with van der Waals surface area (Å²) < 4.78 is 5.51. The fourth-order valence-electron chi connectivity index (χ4n) is 3.48. The second kappa shape index (κ2) is 5.25. The highest BCUT2D eigenvalue weighted by atomic mass is 16.5. The molecule has 0 spiro atoms. The largest absolute Gasteiger partial charge is 0.388 e. The number of rotatable bonds is 2. The first-order valence-electron chi connectivity index (χ1n) is 7.19. The predicted octanol–water partition coefficient (Wildman–Crippen LogP) is 2.22. The van der Waals surface area contributed by atoms with Gasteiger partial charge in [0, 0.05) is 6.61 Å². The maximum atomic E-state index is 10.9. The van der Waals surface area contributed by atoms with Crippen molar-refractivity contribution in [2.24, 2.45) is 11.7 Å². The highest BCUT2D eigenvalue weighted by molar-refractivity contribution is 5.05. The Morgan fingerprint density at radius 3 is 2.71 bits per heavy atom. The van der Waals surface area contributed by atoms with Crippen LogP contribution in [0.4, 0.5) is 0 Å². The molecule has 1 saturated heterocycles. The summed E-state index contributed by atoms with van der Waals surface area (Å²) >= 11 is 0. The molecule has 2 rings (SSSR count). The van der Waals surface area contributed by atoms with Crippen LogP contribution >= 0.6 is 0 Å². The molecular formula is C14H27NO2. The van der Waals surface area contributed by atoms with E-state index in [9.17, 15) is 5.11 Å². The minimum Gasteiger partial charge on any atom is -0.388 e. The van der Waals surface area contributed by atoms with Crippen molar-refractivity contribution >= 4 is 0 Å². The standard InChI is InChI=1S/C14H27NO2/c1-2-12-5-3-8-14(16,9-6-12)13(15)7-4-10-17-11-13/h12,16H,2-11,15H2,1H3. The number of hydrogen-bond acceptors (Lipinski definition) is 3. The lowest BCUT2D eigenvalue weighted by molar-refractivity contribution is -0.105. The van der Waals surface area contributed by atoms with Crippen LogP contribution in [0.1, 0.15) is 58.3 Å². The summed E-state index contributed by atoms with van der Waals surface area (Å²) in [6, 6.07) is 0. The van der Waals surface area contributed by atoms with E-state index in [1.54, 1.807) is 0 Å². The Kier molecular flexibility index (Phi) is 4.11. The van der Waals surface area contributed by atoms with Crippen LogP contribution in [0.5, 0.6) is 0 Å². The van der Waals surface area contributed by atoms with Gasteiger partial charge >= 0.3 is 0 Å². The van der Waals surface area contributed by atoms with E-state index in [2.05, 4.69) is 6.92 Å². The van der Waals surface area contributed by atoms with Crippen molar-refractivity contribution in [3.8, 4) is 0 Å². The molecule has 3 heteroatoms. The van der Waals surface area contributed by atoms with E-state index >= 15 is 0 Å². The minimum absolute atomic E-state index is 0.506. The Morgan fingerprint density at radius 1 is 1.24 bits per heavy atom. The van der Waals surface area contributed by atoms with Gasteiger partial charge in [0.25, 0.3) is 0 Å². The monoisotopic (exact) mass is 241 g/mol. The molecule has 2 fully saturated rings. The van der Waals surface area contributed by atoms with Crippen molar-refractivity contribution < 1.29 is 9.84 Å². The Balaban J connectivity index is 2.06. The third-order valence-electron chi connectivity index (χ3n) is 4.94. The first-order valence-corrected chi connectivity index (χ1v) is 7.19. The van der Waals surface area contributed by atoms with Crippen molar-refractivity contribution in [1.29, 1.82) is 0 Å². The molecule has 3 nitrogen and oxygen atoms in total. The highest BCUT2D eigenvalue weighted by Crippen LogP contribution is 2.40. The van der Waals surface area contributed by atoms with Gasteiger partial charge in [0.05, 0.1) is 17.7 Å². The molecular weight excluding hydrogens is 214 g/mol. The minimum atomic E-state index is -0.697. The summed E-state index contributed by atoms with van der Waals surface area (Å²) in [5.41, 5.74) is 5.25. The molecule has 0 radical (unpaired) electrons. The maximum Gasteiger partial charge on any atom is 0.0849 e. The first-order chi connectivity index (χ1) is 8.10. The Morgan fingerprint density at radius 2 is 2.06 bits per heavy atom. The quantitative estimate of drug-likeness (QED) is 0.729. The van der Waals surface area contributed by atoms with Gasteiger partial charge in [0.1, 0.15) is 0 Å². The van der Waals surface area contributed by atoms with E-state index in [-0.39, 0.29) is 0 Å². The molecule has 3 atom stereocenters. The molecule has 1 heterocycles. The molecule has 0 aromatic carbocycles. The lowest BCUT2D eigenvalue weighted by Gasteiger charge is -2.46. The van der Waals surface area contributed by atoms with Crippen LogP contribution in [0.3, 0.4) is 0 Å². The molecule has 3 unspecified atom stereocenters. The third-order valence-corrected chi connectivity index (χ3v) is 4.94. The molecule has 0 aromatic rings. The van der Waals surface area contributed by atoms with Crippen LogP contribution in [0.15, 0.2) is 0 Å². The Hall–Kier alpha value is -0.120. The van der Waals surface area contributed by atoms with E-state index < -0.39 is 11.1 Å². The molecule has 1 aliphatic heterocycles. The molecule has 1 saturated carbocycles. The van der Waals surface area contributed by atoms with E-state index in [1.165, 1.54) is 12.8 Å². The molecule has 2 aliphatic rings. The summed E-state index contributed by atoms with van der Waals surface area (Å²) in [5, 5.41) is 10.9. The van der Waals surface area contributed by atoms with E-state index in [0.29, 0.717) is 6.61 Å². The van der Waals surface area contributed by atoms with Crippen LogP contribution in [-0.4, -0.2) is 29.5 Å². The zero-order valence-electron chi connectivity index (χ0n) is 11.1. The summed E-state index contributed by atoms with van der Waals surface area (Å²) in [6.45, 7) is 3.57. The topological polar surface area (TPSA) is 55.5 Å². The number of ether oxygens (including phenoxy) is 1.